The van der Waals surface area contributed by atoms with Gasteiger partial charge in [-0.05, 0) is 25.8 Å². The van der Waals surface area contributed by atoms with Crippen molar-refractivity contribution in [3.63, 3.8) is 0 Å². The molecular formula is C18H27N3O. The maximum absolute atomic E-state index is 12.1. The number of nitrogens with one attached hydrogen (secondary N) is 1. The molecule has 2 rings (SSSR count). The standard InChI is InChI=1S/C18H27N3O/c1-3-10-15-14(4-2)16(21-17(19)18(22)20-15)13-11-8-6-5-7-9-12-13/h3-4,10,13,17H,1,5-9,11-12,19H2,2H3,(H,20,22)/b14-4+,15-10+. The zero-order valence-corrected chi connectivity index (χ0v) is 13.5. The molecule has 22 heavy (non-hydrogen) atoms. The van der Waals surface area contributed by atoms with E-state index < -0.39 is 6.17 Å². The minimum Gasteiger partial charge on any atom is -0.322 e. The van der Waals surface area contributed by atoms with E-state index in [0.717, 1.165) is 29.8 Å². The Morgan fingerprint density at radius 3 is 2.45 bits per heavy atom. The van der Waals surface area contributed by atoms with Crippen LogP contribution in [0.25, 0.3) is 0 Å². The van der Waals surface area contributed by atoms with E-state index in [2.05, 4.69) is 16.9 Å². The van der Waals surface area contributed by atoms with Crippen LogP contribution in [-0.4, -0.2) is 17.8 Å². The molecular weight excluding hydrogens is 274 g/mol. The first-order valence-electron chi connectivity index (χ1n) is 8.31. The predicted octanol–water partition coefficient (Wildman–Crippen LogP) is 3.22. The van der Waals surface area contributed by atoms with Gasteiger partial charge in [-0.1, -0.05) is 50.8 Å². The maximum Gasteiger partial charge on any atom is 0.263 e. The second-order valence-electron chi connectivity index (χ2n) is 6.01. The Morgan fingerprint density at radius 2 is 1.86 bits per heavy atom. The topological polar surface area (TPSA) is 67.5 Å². The first-order chi connectivity index (χ1) is 10.7. The second-order valence-corrected chi connectivity index (χ2v) is 6.01. The molecule has 2 aliphatic rings. The molecule has 1 saturated carbocycles. The molecule has 0 aromatic rings. The summed E-state index contributed by atoms with van der Waals surface area (Å²) >= 11 is 0. The van der Waals surface area contributed by atoms with Gasteiger partial charge >= 0.3 is 0 Å². The number of hydrogen-bond donors (Lipinski definition) is 2. The van der Waals surface area contributed by atoms with Gasteiger partial charge in [-0.15, -0.1) is 0 Å². The van der Waals surface area contributed by atoms with Gasteiger partial charge in [0.15, 0.2) is 6.17 Å². The van der Waals surface area contributed by atoms with Crippen molar-refractivity contribution >= 4 is 11.6 Å². The van der Waals surface area contributed by atoms with Crippen LogP contribution in [0.5, 0.6) is 0 Å². The quantitative estimate of drug-likeness (QED) is 0.822. The van der Waals surface area contributed by atoms with Gasteiger partial charge in [-0.25, -0.2) is 0 Å². The number of nitrogens with two attached hydrogens (primary N) is 1. The Balaban J connectivity index is 2.38. The predicted molar refractivity (Wildman–Crippen MR) is 91.4 cm³/mol. The average Bonchev–Trinajstić information content (AvgIpc) is 2.57. The number of amides is 1. The SMILES string of the molecule is C=C/C=C1/NC(=O)C(N)N=C(C2CCCCCCC2)/C1=C/C. The Labute approximate surface area is 133 Å². The molecule has 1 atom stereocenters. The number of nitrogens with zero attached hydrogens (tertiary/aromatic N) is 1. The van der Waals surface area contributed by atoms with Crippen molar-refractivity contribution in [2.45, 2.75) is 58.0 Å². The summed E-state index contributed by atoms with van der Waals surface area (Å²) in [7, 11) is 0. The summed E-state index contributed by atoms with van der Waals surface area (Å²) in [6.07, 6.45) is 13.3. The molecule has 120 valence electrons. The van der Waals surface area contributed by atoms with E-state index in [4.69, 9.17) is 5.73 Å². The third-order valence-electron chi connectivity index (χ3n) is 4.44. The van der Waals surface area contributed by atoms with Crippen LogP contribution in [0.2, 0.25) is 0 Å². The molecule has 1 aliphatic carbocycles. The van der Waals surface area contributed by atoms with Crippen molar-refractivity contribution in [1.29, 1.82) is 0 Å². The maximum atomic E-state index is 12.1. The van der Waals surface area contributed by atoms with Gasteiger partial charge in [0.2, 0.25) is 0 Å². The summed E-state index contributed by atoms with van der Waals surface area (Å²) in [6, 6.07) is 0. The molecule has 0 spiro atoms. The van der Waals surface area contributed by atoms with Gasteiger partial charge in [0.1, 0.15) is 0 Å². The minimum atomic E-state index is -0.828. The first kappa shape index (κ1) is 16.7. The van der Waals surface area contributed by atoms with Crippen LogP contribution >= 0.6 is 0 Å². The fourth-order valence-corrected chi connectivity index (χ4v) is 3.30. The highest BCUT2D eigenvalue weighted by Gasteiger charge is 2.28. The zero-order valence-electron chi connectivity index (χ0n) is 13.5. The molecule has 4 heteroatoms. The van der Waals surface area contributed by atoms with Gasteiger partial charge in [-0.2, -0.15) is 0 Å². The monoisotopic (exact) mass is 301 g/mol. The highest BCUT2D eigenvalue weighted by molar-refractivity contribution is 6.08. The van der Waals surface area contributed by atoms with E-state index in [0.29, 0.717) is 5.92 Å². The molecule has 1 heterocycles. The van der Waals surface area contributed by atoms with Gasteiger partial charge < -0.3 is 11.1 Å². The van der Waals surface area contributed by atoms with Crippen molar-refractivity contribution < 1.29 is 4.79 Å². The summed E-state index contributed by atoms with van der Waals surface area (Å²) in [6.45, 7) is 5.72. The van der Waals surface area contributed by atoms with Crippen LogP contribution in [0.3, 0.4) is 0 Å². The first-order valence-corrected chi connectivity index (χ1v) is 8.31. The number of aliphatic imine (C=N–C) groups is 1. The molecule has 4 nitrogen and oxygen atoms in total. The van der Waals surface area contributed by atoms with Crippen molar-refractivity contribution in [3.05, 3.63) is 36.1 Å². The van der Waals surface area contributed by atoms with Gasteiger partial charge in [0, 0.05) is 22.9 Å². The molecule has 3 N–H and O–H groups in total. The Morgan fingerprint density at radius 1 is 1.23 bits per heavy atom. The Bertz CT molecular complexity index is 508. The third kappa shape index (κ3) is 3.95. The lowest BCUT2D eigenvalue weighted by molar-refractivity contribution is -0.121. The van der Waals surface area contributed by atoms with Crippen LogP contribution < -0.4 is 11.1 Å². The van der Waals surface area contributed by atoms with Crippen LogP contribution in [0.1, 0.15) is 51.9 Å². The number of carbonyl (C=O) groups is 1. The molecule has 1 aliphatic heterocycles. The molecule has 0 aromatic heterocycles. The molecule has 0 saturated heterocycles. The van der Waals surface area contributed by atoms with E-state index in [1.165, 1.54) is 32.1 Å². The van der Waals surface area contributed by atoms with Crippen LogP contribution in [0.4, 0.5) is 0 Å². The Hall–Kier alpha value is -1.68. The van der Waals surface area contributed by atoms with E-state index in [1.807, 2.05) is 19.1 Å². The summed E-state index contributed by atoms with van der Waals surface area (Å²) in [4.78, 5) is 16.6. The highest BCUT2D eigenvalue weighted by Crippen LogP contribution is 2.29. The van der Waals surface area contributed by atoms with Crippen LogP contribution in [-0.2, 0) is 4.79 Å². The summed E-state index contributed by atoms with van der Waals surface area (Å²) < 4.78 is 0. The fraction of sp³-hybridized carbons (Fsp3) is 0.556. The third-order valence-corrected chi connectivity index (χ3v) is 4.44. The van der Waals surface area contributed by atoms with Gasteiger partial charge in [-0.3, -0.25) is 9.79 Å². The van der Waals surface area contributed by atoms with E-state index in [9.17, 15) is 4.79 Å². The second kappa shape index (κ2) is 8.08. The number of allylic oxidation sites excluding steroid dienone is 4. The lowest BCUT2D eigenvalue weighted by Crippen LogP contribution is -2.37. The van der Waals surface area contributed by atoms with E-state index >= 15 is 0 Å². The lowest BCUT2D eigenvalue weighted by atomic mass is 9.84. The molecule has 1 fully saturated rings. The smallest absolute Gasteiger partial charge is 0.263 e. The Kier molecular flexibility index (Phi) is 6.13. The van der Waals surface area contributed by atoms with Crippen molar-refractivity contribution in [2.24, 2.45) is 16.6 Å². The van der Waals surface area contributed by atoms with E-state index in [1.54, 1.807) is 6.08 Å². The van der Waals surface area contributed by atoms with Gasteiger partial charge in [0.25, 0.3) is 5.91 Å². The summed E-state index contributed by atoms with van der Waals surface area (Å²) in [5.74, 6) is 0.131. The zero-order chi connectivity index (χ0) is 15.9. The largest absolute Gasteiger partial charge is 0.322 e. The van der Waals surface area contributed by atoms with Crippen molar-refractivity contribution in [1.82, 2.24) is 5.32 Å². The lowest BCUT2D eigenvalue weighted by Gasteiger charge is -2.23. The normalized spacial score (nSPS) is 28.5. The van der Waals surface area contributed by atoms with Crippen molar-refractivity contribution in [3.8, 4) is 0 Å². The number of rotatable bonds is 2. The molecule has 0 radical (unpaired) electrons. The number of carbonyl (C=O) groups excluding carboxylic acids is 1. The number of hydrogen-bond acceptors (Lipinski definition) is 3. The van der Waals surface area contributed by atoms with Crippen LogP contribution in [0.15, 0.2) is 41.1 Å². The van der Waals surface area contributed by atoms with E-state index in [-0.39, 0.29) is 5.91 Å². The average molecular weight is 301 g/mol. The molecule has 0 aromatic carbocycles. The summed E-state index contributed by atoms with van der Waals surface area (Å²) in [5, 5.41) is 2.87. The highest BCUT2D eigenvalue weighted by atomic mass is 16.2. The minimum absolute atomic E-state index is 0.256. The van der Waals surface area contributed by atoms with Crippen LogP contribution in [0, 0.1) is 5.92 Å². The van der Waals surface area contributed by atoms with Gasteiger partial charge in [0.05, 0.1) is 0 Å². The van der Waals surface area contributed by atoms with Crippen molar-refractivity contribution in [2.75, 3.05) is 0 Å². The molecule has 1 unspecified atom stereocenters. The fourth-order valence-electron chi connectivity index (χ4n) is 3.30. The summed E-state index contributed by atoms with van der Waals surface area (Å²) in [5.41, 5.74) is 8.68. The molecule has 1 amide bonds. The molecule has 0 bridgehead atoms.